The van der Waals surface area contributed by atoms with Crippen molar-refractivity contribution in [3.63, 3.8) is 0 Å². The molecule has 2 rings (SSSR count). The van der Waals surface area contributed by atoms with Gasteiger partial charge in [0.25, 0.3) is 5.91 Å². The molecule has 0 atom stereocenters. The monoisotopic (exact) mass is 276 g/mol. The zero-order valence-corrected chi connectivity index (χ0v) is 11.8. The van der Waals surface area contributed by atoms with E-state index in [0.29, 0.717) is 18.8 Å². The van der Waals surface area contributed by atoms with Gasteiger partial charge in [-0.2, -0.15) is 0 Å². The number of nitrogens with one attached hydrogen (secondary N) is 2. The molecule has 0 aliphatic heterocycles. The first-order chi connectivity index (χ1) is 9.20. The lowest BCUT2D eigenvalue weighted by Gasteiger charge is -2.07. The predicted molar refractivity (Wildman–Crippen MR) is 76.4 cm³/mol. The van der Waals surface area contributed by atoms with Crippen molar-refractivity contribution in [1.82, 2.24) is 15.3 Å². The van der Waals surface area contributed by atoms with Crippen molar-refractivity contribution in [2.45, 2.75) is 20.4 Å². The molecule has 0 fully saturated rings. The van der Waals surface area contributed by atoms with E-state index < -0.39 is 0 Å². The van der Waals surface area contributed by atoms with Crippen molar-refractivity contribution < 1.29 is 4.79 Å². The van der Waals surface area contributed by atoms with Crippen LogP contribution in [0.4, 0.5) is 5.69 Å². The Morgan fingerprint density at radius 3 is 2.95 bits per heavy atom. The number of anilines is 1. The molecule has 100 valence electrons. The lowest BCUT2D eigenvalue weighted by Crippen LogP contribution is -2.23. The van der Waals surface area contributed by atoms with Gasteiger partial charge >= 0.3 is 0 Å². The topological polar surface area (TPSA) is 66.9 Å². The van der Waals surface area contributed by atoms with Gasteiger partial charge in [0.15, 0.2) is 0 Å². The number of rotatable bonds is 5. The van der Waals surface area contributed by atoms with Crippen LogP contribution >= 0.6 is 11.3 Å². The van der Waals surface area contributed by atoms with Gasteiger partial charge < -0.3 is 10.6 Å². The number of carbonyl (C=O) groups excluding carboxylic acids is 1. The number of aryl methyl sites for hydroxylation is 1. The molecule has 0 aliphatic rings. The first-order valence-corrected chi connectivity index (χ1v) is 6.95. The molecule has 0 bridgehead atoms. The van der Waals surface area contributed by atoms with Crippen LogP contribution in [-0.2, 0) is 6.54 Å². The Bertz CT molecular complexity index is 567. The van der Waals surface area contributed by atoms with Crippen molar-refractivity contribution >= 4 is 22.9 Å². The predicted octanol–water partition coefficient (Wildman–Crippen LogP) is 2.21. The van der Waals surface area contributed by atoms with Gasteiger partial charge in [-0.1, -0.05) is 0 Å². The van der Waals surface area contributed by atoms with Crippen molar-refractivity contribution in [1.29, 1.82) is 0 Å². The van der Waals surface area contributed by atoms with Crippen molar-refractivity contribution in [3.05, 3.63) is 40.1 Å². The third-order valence-electron chi connectivity index (χ3n) is 2.63. The third kappa shape index (κ3) is 3.51. The summed E-state index contributed by atoms with van der Waals surface area (Å²) in [5.41, 5.74) is 4.17. The van der Waals surface area contributed by atoms with E-state index in [2.05, 4.69) is 20.6 Å². The maximum atomic E-state index is 11.7. The minimum atomic E-state index is -0.153. The molecule has 0 aromatic carbocycles. The number of carbonyl (C=O) groups is 1. The quantitative estimate of drug-likeness (QED) is 0.878. The van der Waals surface area contributed by atoms with E-state index in [1.165, 1.54) is 4.88 Å². The third-order valence-corrected chi connectivity index (χ3v) is 3.56. The fourth-order valence-corrected chi connectivity index (χ4v) is 2.31. The average Bonchev–Trinajstić information content (AvgIpc) is 2.82. The van der Waals surface area contributed by atoms with Crippen LogP contribution in [0.1, 0.15) is 28.0 Å². The molecule has 2 N–H and O–H groups in total. The van der Waals surface area contributed by atoms with E-state index in [1.54, 1.807) is 23.6 Å². The minimum Gasteiger partial charge on any atom is -0.380 e. The molecule has 0 aliphatic carbocycles. The van der Waals surface area contributed by atoms with Crippen LogP contribution in [0.15, 0.2) is 23.8 Å². The highest BCUT2D eigenvalue weighted by atomic mass is 32.1. The summed E-state index contributed by atoms with van der Waals surface area (Å²) < 4.78 is 0. The molecule has 0 saturated carbocycles. The number of nitrogens with zero attached hydrogens (tertiary/aromatic N) is 2. The zero-order chi connectivity index (χ0) is 13.7. The number of pyridine rings is 1. The molecular weight excluding hydrogens is 260 g/mol. The SMILES string of the molecule is CCNC(=O)c1cc(NCc2scnc2C)ccn1. The Balaban J connectivity index is 2.03. The first-order valence-electron chi connectivity index (χ1n) is 6.07. The highest BCUT2D eigenvalue weighted by Gasteiger charge is 2.07. The Kier molecular flexibility index (Phi) is 4.46. The Morgan fingerprint density at radius 2 is 2.26 bits per heavy atom. The summed E-state index contributed by atoms with van der Waals surface area (Å²) in [7, 11) is 0. The number of hydrogen-bond donors (Lipinski definition) is 2. The lowest BCUT2D eigenvalue weighted by atomic mass is 10.3. The summed E-state index contributed by atoms with van der Waals surface area (Å²) in [6.45, 7) is 5.17. The smallest absolute Gasteiger partial charge is 0.269 e. The molecule has 1 amide bonds. The van der Waals surface area contributed by atoms with E-state index in [0.717, 1.165) is 11.4 Å². The van der Waals surface area contributed by atoms with Crippen molar-refractivity contribution in [3.8, 4) is 0 Å². The maximum Gasteiger partial charge on any atom is 0.269 e. The largest absolute Gasteiger partial charge is 0.380 e. The molecule has 6 heteroatoms. The van der Waals surface area contributed by atoms with E-state index in [4.69, 9.17) is 0 Å². The van der Waals surface area contributed by atoms with E-state index in [-0.39, 0.29) is 5.91 Å². The van der Waals surface area contributed by atoms with E-state index in [9.17, 15) is 4.79 Å². The average molecular weight is 276 g/mol. The Hall–Kier alpha value is -1.95. The number of thiazole rings is 1. The molecule has 2 aromatic rings. The number of aromatic nitrogens is 2. The summed E-state index contributed by atoms with van der Waals surface area (Å²) in [6, 6.07) is 3.60. The molecule has 19 heavy (non-hydrogen) atoms. The Labute approximate surface area is 116 Å². The lowest BCUT2D eigenvalue weighted by molar-refractivity contribution is 0.0951. The molecule has 0 spiro atoms. The van der Waals surface area contributed by atoms with E-state index >= 15 is 0 Å². The van der Waals surface area contributed by atoms with Gasteiger partial charge in [0.05, 0.1) is 17.7 Å². The van der Waals surface area contributed by atoms with Crippen molar-refractivity contribution in [2.75, 3.05) is 11.9 Å². The summed E-state index contributed by atoms with van der Waals surface area (Å²) >= 11 is 1.62. The van der Waals surface area contributed by atoms with Crippen molar-refractivity contribution in [2.24, 2.45) is 0 Å². The van der Waals surface area contributed by atoms with Gasteiger partial charge in [-0.15, -0.1) is 11.3 Å². The molecule has 2 aromatic heterocycles. The van der Waals surface area contributed by atoms with Crippen LogP contribution in [0.5, 0.6) is 0 Å². The molecule has 0 unspecified atom stereocenters. The van der Waals surface area contributed by atoms with Crippen LogP contribution in [0.3, 0.4) is 0 Å². The zero-order valence-electron chi connectivity index (χ0n) is 10.9. The maximum absolute atomic E-state index is 11.7. The van der Waals surface area contributed by atoms with Crippen LogP contribution in [0.25, 0.3) is 0 Å². The van der Waals surface area contributed by atoms with Crippen LogP contribution < -0.4 is 10.6 Å². The normalized spacial score (nSPS) is 10.2. The van der Waals surface area contributed by atoms with Gasteiger partial charge in [-0.3, -0.25) is 9.78 Å². The highest BCUT2D eigenvalue weighted by Crippen LogP contribution is 2.15. The fourth-order valence-electron chi connectivity index (χ4n) is 1.59. The first kappa shape index (κ1) is 13.5. The van der Waals surface area contributed by atoms with Crippen LogP contribution in [0, 0.1) is 6.92 Å². The number of amides is 1. The van der Waals surface area contributed by atoms with Crippen LogP contribution in [-0.4, -0.2) is 22.4 Å². The van der Waals surface area contributed by atoms with Gasteiger partial charge in [0.1, 0.15) is 5.69 Å². The summed E-state index contributed by atoms with van der Waals surface area (Å²) in [6.07, 6.45) is 1.63. The standard InChI is InChI=1S/C13H16N4OS/c1-3-14-13(18)11-6-10(4-5-15-11)16-7-12-9(2)17-8-19-12/h4-6,8H,3,7H2,1-2H3,(H,14,18)(H,15,16). The minimum absolute atomic E-state index is 0.153. The molecule has 5 nitrogen and oxygen atoms in total. The molecular formula is C13H16N4OS. The molecule has 0 saturated heterocycles. The van der Waals surface area contributed by atoms with Gasteiger partial charge in [0, 0.05) is 23.3 Å². The summed E-state index contributed by atoms with van der Waals surface area (Å²) in [5.74, 6) is -0.153. The van der Waals surface area contributed by atoms with Gasteiger partial charge in [-0.25, -0.2) is 4.98 Å². The summed E-state index contributed by atoms with van der Waals surface area (Å²) in [4.78, 5) is 21.1. The number of hydrogen-bond acceptors (Lipinski definition) is 5. The van der Waals surface area contributed by atoms with Gasteiger partial charge in [-0.05, 0) is 26.0 Å². The molecule has 0 radical (unpaired) electrons. The van der Waals surface area contributed by atoms with Crippen LogP contribution in [0.2, 0.25) is 0 Å². The molecule has 2 heterocycles. The second-order valence-corrected chi connectivity index (χ2v) is 4.94. The fraction of sp³-hybridized carbons (Fsp3) is 0.308. The Morgan fingerprint density at radius 1 is 1.42 bits per heavy atom. The van der Waals surface area contributed by atoms with Gasteiger partial charge in [0.2, 0.25) is 0 Å². The summed E-state index contributed by atoms with van der Waals surface area (Å²) in [5, 5.41) is 6.01. The van der Waals surface area contributed by atoms with E-state index in [1.807, 2.05) is 25.4 Å². The highest BCUT2D eigenvalue weighted by molar-refractivity contribution is 7.09. The second-order valence-electron chi connectivity index (χ2n) is 4.00. The second kappa shape index (κ2) is 6.29.